The molecule has 1 aromatic carbocycles. The molecule has 0 bridgehead atoms. The smallest absolute Gasteiger partial charge is 0.326 e. The summed E-state index contributed by atoms with van der Waals surface area (Å²) in [7, 11) is 0. The fourth-order valence-electron chi connectivity index (χ4n) is 1.62. The number of rotatable bonds is 7. The zero-order chi connectivity index (χ0) is 14.3. The number of aliphatic carboxylic acids is 1. The van der Waals surface area contributed by atoms with E-state index in [1.165, 1.54) is 6.07 Å². The molecule has 1 aromatic rings. The molecule has 0 radical (unpaired) electrons. The number of hydrogen-bond acceptors (Lipinski definition) is 4. The standard InChI is InChI=1S/C13H17NO5/c15-8-7-10(13(18)19)14-12(17)6-5-9-3-1-2-4-11(9)16/h1-4,10,15-16H,5-8H2,(H,14,17)(H,18,19)/t10-/m1/s1. The average Bonchev–Trinajstić information content (AvgIpc) is 2.37. The number of phenols is 1. The number of para-hydroxylation sites is 1. The number of amides is 1. The van der Waals surface area contributed by atoms with Gasteiger partial charge in [-0.15, -0.1) is 0 Å². The molecule has 0 aliphatic heterocycles. The van der Waals surface area contributed by atoms with Gasteiger partial charge in [-0.1, -0.05) is 18.2 Å². The molecule has 0 aromatic heterocycles. The predicted octanol–water partition coefficient (Wildman–Crippen LogP) is 0.277. The Labute approximate surface area is 110 Å². The van der Waals surface area contributed by atoms with Crippen LogP contribution in [0.4, 0.5) is 0 Å². The van der Waals surface area contributed by atoms with Gasteiger partial charge in [0.05, 0.1) is 0 Å². The van der Waals surface area contributed by atoms with Crippen LogP contribution < -0.4 is 5.32 Å². The lowest BCUT2D eigenvalue weighted by Gasteiger charge is -2.13. The van der Waals surface area contributed by atoms with Gasteiger partial charge in [-0.05, 0) is 18.1 Å². The molecule has 0 aliphatic rings. The quantitative estimate of drug-likeness (QED) is 0.567. The van der Waals surface area contributed by atoms with Crippen molar-refractivity contribution in [3.8, 4) is 5.75 Å². The van der Waals surface area contributed by atoms with E-state index in [1.54, 1.807) is 18.2 Å². The van der Waals surface area contributed by atoms with Crippen LogP contribution in [0.2, 0.25) is 0 Å². The second kappa shape index (κ2) is 7.38. The molecule has 1 atom stereocenters. The van der Waals surface area contributed by atoms with E-state index in [9.17, 15) is 14.7 Å². The van der Waals surface area contributed by atoms with E-state index in [2.05, 4.69) is 5.32 Å². The lowest BCUT2D eigenvalue weighted by atomic mass is 10.1. The van der Waals surface area contributed by atoms with Gasteiger partial charge in [0.15, 0.2) is 0 Å². The van der Waals surface area contributed by atoms with E-state index >= 15 is 0 Å². The van der Waals surface area contributed by atoms with Crippen molar-refractivity contribution >= 4 is 11.9 Å². The highest BCUT2D eigenvalue weighted by Crippen LogP contribution is 2.17. The maximum atomic E-state index is 11.6. The van der Waals surface area contributed by atoms with Crippen molar-refractivity contribution in [2.45, 2.75) is 25.3 Å². The molecule has 0 aliphatic carbocycles. The Morgan fingerprint density at radius 2 is 1.95 bits per heavy atom. The number of carbonyl (C=O) groups excluding carboxylic acids is 1. The van der Waals surface area contributed by atoms with Crippen molar-refractivity contribution < 1.29 is 24.9 Å². The number of aryl methyl sites for hydroxylation is 1. The van der Waals surface area contributed by atoms with Gasteiger partial charge in [-0.3, -0.25) is 4.79 Å². The molecular formula is C13H17NO5. The van der Waals surface area contributed by atoms with Crippen molar-refractivity contribution in [3.05, 3.63) is 29.8 Å². The summed E-state index contributed by atoms with van der Waals surface area (Å²) in [6.07, 6.45) is 0.369. The summed E-state index contributed by atoms with van der Waals surface area (Å²) in [5.41, 5.74) is 0.631. The minimum atomic E-state index is -1.18. The van der Waals surface area contributed by atoms with E-state index in [0.717, 1.165) is 0 Å². The number of hydrogen-bond donors (Lipinski definition) is 4. The third-order valence-corrected chi connectivity index (χ3v) is 2.66. The molecule has 0 saturated heterocycles. The maximum Gasteiger partial charge on any atom is 0.326 e. The van der Waals surface area contributed by atoms with Gasteiger partial charge in [-0.2, -0.15) is 0 Å². The van der Waals surface area contributed by atoms with Crippen molar-refractivity contribution in [3.63, 3.8) is 0 Å². The van der Waals surface area contributed by atoms with Crippen LogP contribution in [0.1, 0.15) is 18.4 Å². The SMILES string of the molecule is O=C(CCc1ccccc1O)N[C@H](CCO)C(=O)O. The summed E-state index contributed by atoms with van der Waals surface area (Å²) >= 11 is 0. The fourth-order valence-corrected chi connectivity index (χ4v) is 1.62. The number of carboxylic acids is 1. The molecule has 1 amide bonds. The van der Waals surface area contributed by atoms with Gasteiger partial charge < -0.3 is 20.6 Å². The summed E-state index contributed by atoms with van der Waals surface area (Å²) in [5, 5.41) is 29.4. The highest BCUT2D eigenvalue weighted by Gasteiger charge is 2.19. The van der Waals surface area contributed by atoms with Crippen LogP contribution >= 0.6 is 0 Å². The van der Waals surface area contributed by atoms with Crippen molar-refractivity contribution in [2.24, 2.45) is 0 Å². The molecule has 0 heterocycles. The van der Waals surface area contributed by atoms with Gasteiger partial charge in [0.25, 0.3) is 0 Å². The Balaban J connectivity index is 2.47. The van der Waals surface area contributed by atoms with Crippen LogP contribution in [0.15, 0.2) is 24.3 Å². The van der Waals surface area contributed by atoms with Gasteiger partial charge in [-0.25, -0.2) is 4.79 Å². The van der Waals surface area contributed by atoms with Crippen molar-refractivity contribution in [1.29, 1.82) is 0 Å². The number of aromatic hydroxyl groups is 1. The molecule has 0 fully saturated rings. The Hall–Kier alpha value is -2.08. The molecule has 0 saturated carbocycles. The number of carbonyl (C=O) groups is 2. The maximum absolute atomic E-state index is 11.6. The highest BCUT2D eigenvalue weighted by molar-refractivity contribution is 5.83. The van der Waals surface area contributed by atoms with Gasteiger partial charge in [0.1, 0.15) is 11.8 Å². The first kappa shape index (κ1) is 15.0. The van der Waals surface area contributed by atoms with E-state index in [1.807, 2.05) is 0 Å². The summed E-state index contributed by atoms with van der Waals surface area (Å²) in [4.78, 5) is 22.4. The minimum absolute atomic E-state index is 0.0301. The summed E-state index contributed by atoms with van der Waals surface area (Å²) in [6.45, 7) is -0.309. The number of aliphatic hydroxyl groups excluding tert-OH is 1. The van der Waals surface area contributed by atoms with E-state index in [-0.39, 0.29) is 25.2 Å². The van der Waals surface area contributed by atoms with Crippen LogP contribution in [-0.4, -0.2) is 39.8 Å². The molecule has 19 heavy (non-hydrogen) atoms. The third kappa shape index (κ3) is 4.97. The van der Waals surface area contributed by atoms with E-state index < -0.39 is 17.9 Å². The Kier molecular flexibility index (Phi) is 5.81. The Bertz CT molecular complexity index is 446. The predicted molar refractivity (Wildman–Crippen MR) is 67.7 cm³/mol. The fraction of sp³-hybridized carbons (Fsp3) is 0.385. The molecule has 0 unspecified atom stereocenters. The van der Waals surface area contributed by atoms with Crippen LogP contribution in [0, 0.1) is 0 Å². The van der Waals surface area contributed by atoms with Gasteiger partial charge in [0.2, 0.25) is 5.91 Å². The first-order chi connectivity index (χ1) is 9.04. The van der Waals surface area contributed by atoms with E-state index in [4.69, 9.17) is 10.2 Å². The number of phenolic OH excluding ortho intramolecular Hbond substituents is 1. The average molecular weight is 267 g/mol. The number of carboxylic acid groups (broad SMARTS) is 1. The molecule has 1 rings (SSSR count). The largest absolute Gasteiger partial charge is 0.508 e. The Morgan fingerprint density at radius 3 is 2.53 bits per heavy atom. The minimum Gasteiger partial charge on any atom is -0.508 e. The first-order valence-corrected chi connectivity index (χ1v) is 5.94. The van der Waals surface area contributed by atoms with Crippen LogP contribution in [-0.2, 0) is 16.0 Å². The second-order valence-corrected chi connectivity index (χ2v) is 4.10. The van der Waals surface area contributed by atoms with Gasteiger partial charge in [0, 0.05) is 19.4 Å². The number of aliphatic hydroxyl groups is 1. The first-order valence-electron chi connectivity index (χ1n) is 5.94. The summed E-state index contributed by atoms with van der Waals surface area (Å²) < 4.78 is 0. The normalized spacial score (nSPS) is 11.8. The van der Waals surface area contributed by atoms with Crippen LogP contribution in [0.3, 0.4) is 0 Å². The van der Waals surface area contributed by atoms with Crippen molar-refractivity contribution in [2.75, 3.05) is 6.61 Å². The third-order valence-electron chi connectivity index (χ3n) is 2.66. The molecular weight excluding hydrogens is 250 g/mol. The van der Waals surface area contributed by atoms with Crippen LogP contribution in [0.25, 0.3) is 0 Å². The number of nitrogens with one attached hydrogen (secondary N) is 1. The highest BCUT2D eigenvalue weighted by atomic mass is 16.4. The second-order valence-electron chi connectivity index (χ2n) is 4.10. The van der Waals surface area contributed by atoms with Crippen molar-refractivity contribution in [1.82, 2.24) is 5.32 Å². The molecule has 0 spiro atoms. The van der Waals surface area contributed by atoms with Gasteiger partial charge >= 0.3 is 5.97 Å². The zero-order valence-electron chi connectivity index (χ0n) is 10.4. The summed E-state index contributed by atoms with van der Waals surface area (Å²) in [6, 6.07) is 5.57. The molecule has 6 heteroatoms. The Morgan fingerprint density at radius 1 is 1.26 bits per heavy atom. The van der Waals surface area contributed by atoms with Crippen LogP contribution in [0.5, 0.6) is 5.75 Å². The lowest BCUT2D eigenvalue weighted by molar-refractivity contribution is -0.142. The molecule has 6 nitrogen and oxygen atoms in total. The molecule has 104 valence electrons. The zero-order valence-corrected chi connectivity index (χ0v) is 10.4. The number of benzene rings is 1. The summed E-state index contributed by atoms with van der Waals surface area (Å²) in [5.74, 6) is -1.49. The topological polar surface area (TPSA) is 107 Å². The lowest BCUT2D eigenvalue weighted by Crippen LogP contribution is -2.41. The molecule has 4 N–H and O–H groups in total. The van der Waals surface area contributed by atoms with E-state index in [0.29, 0.717) is 12.0 Å². The monoisotopic (exact) mass is 267 g/mol.